The van der Waals surface area contributed by atoms with Gasteiger partial charge >= 0.3 is 18.5 Å². The molecule has 0 fully saturated rings. The van der Waals surface area contributed by atoms with Crippen molar-refractivity contribution in [2.75, 3.05) is 0 Å². The summed E-state index contributed by atoms with van der Waals surface area (Å²) in [7, 11) is 0. The topological polar surface area (TPSA) is 34.1 Å². The molecule has 15 heteroatoms. The molecular weight excluding hydrogens is 685 g/mol. The summed E-state index contributed by atoms with van der Waals surface area (Å²) in [5, 5.41) is -0.455. The molecule has 0 N–H and O–H groups in total. The van der Waals surface area contributed by atoms with E-state index in [1.807, 2.05) is 0 Å². The van der Waals surface area contributed by atoms with Gasteiger partial charge in [-0.1, -0.05) is 42.3 Å². The first-order valence-corrected chi connectivity index (χ1v) is 13.1. The Morgan fingerprint density at radius 3 is 1.98 bits per heavy atom. The van der Waals surface area contributed by atoms with Crippen molar-refractivity contribution in [3.63, 3.8) is 0 Å². The fraction of sp³-hybridized carbons (Fsp3) is 0.385. The molecule has 0 bridgehead atoms. The van der Waals surface area contributed by atoms with E-state index in [4.69, 9.17) is 23.2 Å². The Hall–Kier alpha value is -2.12. The van der Waals surface area contributed by atoms with Gasteiger partial charge in [-0.25, -0.2) is 4.39 Å². The number of carbonyl (C=O) groups excluding carboxylic acids is 2. The third-order valence-electron chi connectivity index (χ3n) is 5.73. The van der Waals surface area contributed by atoms with Gasteiger partial charge in [0.05, 0.1) is 26.5 Å². The van der Waals surface area contributed by atoms with Gasteiger partial charge in [-0.15, -0.1) is 0 Å². The Morgan fingerprint density at radius 2 is 1.49 bits per heavy atom. The highest BCUT2D eigenvalue weighted by Crippen LogP contribution is 2.43. The number of benzene rings is 2. The zero-order chi connectivity index (χ0) is 31.5. The van der Waals surface area contributed by atoms with Crippen molar-refractivity contribution < 1.29 is 53.5 Å². The molecule has 0 heterocycles. The largest absolute Gasteiger partial charge is 0.417 e. The summed E-state index contributed by atoms with van der Waals surface area (Å²) < 4.78 is 135. The number of halogens is 13. The summed E-state index contributed by atoms with van der Waals surface area (Å²) in [5.74, 6) is -7.24. The molecule has 0 saturated carbocycles. The van der Waals surface area contributed by atoms with Gasteiger partial charge < -0.3 is 0 Å². The molecule has 0 aliphatic carbocycles. The van der Waals surface area contributed by atoms with Gasteiger partial charge in [-0.2, -0.15) is 39.5 Å². The Kier molecular flexibility index (Phi) is 11.5. The van der Waals surface area contributed by atoms with Crippen molar-refractivity contribution in [3.05, 3.63) is 73.2 Å². The highest BCUT2D eigenvalue weighted by Gasteiger charge is 2.41. The van der Waals surface area contributed by atoms with Crippen LogP contribution in [0.1, 0.15) is 65.6 Å². The van der Waals surface area contributed by atoms with E-state index in [1.54, 1.807) is 0 Å². The summed E-state index contributed by atoms with van der Waals surface area (Å²) in [5.41, 5.74) is -4.08. The first-order valence-electron chi connectivity index (χ1n) is 11.5. The standard InChI is InChI=1S/C26H19BrCl2F10O2/c1-12(6-15(40)4-5-24(31,32)33)7-22(41)16-3-2-13(8-18(16)26(37,38)39)21(30)11-17(25(34,35)36)14-9-19(28)23(27)20(29)10-14/h2-3,8-12,17H,4-7H2,1H3/b21-11-/t12-,17?/m1/s1. The lowest BCUT2D eigenvalue weighted by molar-refractivity contribution is -0.143. The average molecular weight is 704 g/mol. The zero-order valence-corrected chi connectivity index (χ0v) is 23.8. The molecule has 2 rings (SSSR count). The predicted molar refractivity (Wildman–Crippen MR) is 137 cm³/mol. The van der Waals surface area contributed by atoms with E-state index in [2.05, 4.69) is 15.9 Å². The molecule has 0 amide bonds. The molecule has 0 aliphatic rings. The smallest absolute Gasteiger partial charge is 0.300 e. The maximum Gasteiger partial charge on any atom is 0.417 e. The van der Waals surface area contributed by atoms with E-state index in [-0.39, 0.29) is 26.7 Å². The minimum Gasteiger partial charge on any atom is -0.300 e. The van der Waals surface area contributed by atoms with Crippen molar-refractivity contribution in [3.8, 4) is 0 Å². The number of alkyl halides is 9. The number of carbonyl (C=O) groups is 2. The molecule has 0 spiro atoms. The van der Waals surface area contributed by atoms with Crippen LogP contribution in [0.5, 0.6) is 0 Å². The number of hydrogen-bond donors (Lipinski definition) is 0. The highest BCUT2D eigenvalue weighted by molar-refractivity contribution is 9.10. The highest BCUT2D eigenvalue weighted by atomic mass is 79.9. The summed E-state index contributed by atoms with van der Waals surface area (Å²) in [6.07, 6.45) is -18.3. The lowest BCUT2D eigenvalue weighted by atomic mass is 9.91. The molecule has 0 aromatic heterocycles. The maximum atomic E-state index is 15.0. The van der Waals surface area contributed by atoms with Crippen LogP contribution in [0, 0.1) is 5.92 Å². The number of ketones is 2. The summed E-state index contributed by atoms with van der Waals surface area (Å²) >= 11 is 14.7. The molecule has 0 aliphatic heterocycles. The Bertz CT molecular complexity index is 1290. The second-order valence-corrected chi connectivity index (χ2v) is 10.8. The van der Waals surface area contributed by atoms with Crippen molar-refractivity contribution in [2.45, 2.75) is 57.1 Å². The first kappa shape index (κ1) is 35.1. The second-order valence-electron chi connectivity index (χ2n) is 9.18. The molecule has 0 radical (unpaired) electrons. The van der Waals surface area contributed by atoms with Gasteiger partial charge in [-0.3, -0.25) is 9.59 Å². The lowest BCUT2D eigenvalue weighted by Gasteiger charge is -2.19. The van der Waals surface area contributed by atoms with Crippen molar-refractivity contribution >= 4 is 56.5 Å². The minimum atomic E-state index is -5.23. The molecule has 1 unspecified atom stereocenters. The van der Waals surface area contributed by atoms with Crippen LogP contribution in [0.25, 0.3) is 5.83 Å². The predicted octanol–water partition coefficient (Wildman–Crippen LogP) is 10.9. The Labute approximate surface area is 245 Å². The first-order chi connectivity index (χ1) is 18.6. The van der Waals surface area contributed by atoms with E-state index >= 15 is 4.39 Å². The van der Waals surface area contributed by atoms with Crippen LogP contribution < -0.4 is 0 Å². The summed E-state index contributed by atoms with van der Waals surface area (Å²) in [6.45, 7) is 1.28. The number of rotatable bonds is 10. The van der Waals surface area contributed by atoms with Gasteiger partial charge in [0.25, 0.3) is 0 Å². The molecule has 2 atom stereocenters. The molecule has 2 aromatic rings. The fourth-order valence-electron chi connectivity index (χ4n) is 3.82. The van der Waals surface area contributed by atoms with Crippen LogP contribution in [-0.4, -0.2) is 23.9 Å². The lowest BCUT2D eigenvalue weighted by Crippen LogP contribution is -2.19. The van der Waals surface area contributed by atoms with Gasteiger partial charge in [0.15, 0.2) is 5.78 Å². The van der Waals surface area contributed by atoms with Crippen LogP contribution >= 0.6 is 39.1 Å². The van der Waals surface area contributed by atoms with Crippen LogP contribution in [0.2, 0.25) is 10.0 Å². The molecule has 41 heavy (non-hydrogen) atoms. The van der Waals surface area contributed by atoms with Crippen LogP contribution in [0.15, 0.2) is 40.9 Å². The summed E-state index contributed by atoms with van der Waals surface area (Å²) in [4.78, 5) is 24.4. The molecule has 2 aromatic carbocycles. The second kappa shape index (κ2) is 13.5. The molecule has 2 nitrogen and oxygen atoms in total. The van der Waals surface area contributed by atoms with E-state index in [0.29, 0.717) is 12.1 Å². The zero-order valence-electron chi connectivity index (χ0n) is 20.7. The third kappa shape index (κ3) is 10.3. The molecule has 226 valence electrons. The van der Waals surface area contributed by atoms with Gasteiger partial charge in [-0.05, 0) is 51.7 Å². The van der Waals surface area contributed by atoms with Crippen LogP contribution in [0.4, 0.5) is 43.9 Å². The summed E-state index contributed by atoms with van der Waals surface area (Å²) in [6, 6.07) is 3.16. The third-order valence-corrected chi connectivity index (χ3v) is 7.64. The molecular formula is C26H19BrCl2F10O2. The monoisotopic (exact) mass is 702 g/mol. The fourth-order valence-corrected chi connectivity index (χ4v) is 4.55. The van der Waals surface area contributed by atoms with Gasteiger partial charge in [0.2, 0.25) is 0 Å². The SMILES string of the molecule is C[C@H](CC(=O)CCC(F)(F)F)CC(=O)c1ccc(/C(F)=C/C(c2cc(Cl)c(Br)c(Cl)c2)C(F)(F)F)cc1C(F)(F)F. The number of hydrogen-bond acceptors (Lipinski definition) is 2. The number of Topliss-reactive ketones (excluding diaryl/α,β-unsaturated/α-hetero) is 2. The minimum absolute atomic E-state index is 0.0432. The van der Waals surface area contributed by atoms with Crippen molar-refractivity contribution in [2.24, 2.45) is 5.92 Å². The van der Waals surface area contributed by atoms with Crippen LogP contribution in [-0.2, 0) is 11.0 Å². The van der Waals surface area contributed by atoms with Crippen molar-refractivity contribution in [1.29, 1.82) is 0 Å². The Morgan fingerprint density at radius 1 is 0.927 bits per heavy atom. The van der Waals surface area contributed by atoms with Crippen molar-refractivity contribution in [1.82, 2.24) is 0 Å². The Balaban J connectivity index is 2.39. The van der Waals surface area contributed by atoms with Gasteiger partial charge in [0.1, 0.15) is 17.5 Å². The number of allylic oxidation sites excluding steroid dienone is 1. The van der Waals surface area contributed by atoms with E-state index in [9.17, 15) is 49.1 Å². The average Bonchev–Trinajstić information content (AvgIpc) is 2.82. The normalized spacial score (nSPS) is 14.6. The van der Waals surface area contributed by atoms with E-state index in [1.165, 1.54) is 6.92 Å². The van der Waals surface area contributed by atoms with Crippen LogP contribution in [0.3, 0.4) is 0 Å². The maximum absolute atomic E-state index is 15.0. The van der Waals surface area contributed by atoms with Gasteiger partial charge in [0, 0.05) is 30.4 Å². The quantitative estimate of drug-likeness (QED) is 0.140. The van der Waals surface area contributed by atoms with E-state index < -0.39 is 95.7 Å². The molecule has 0 saturated heterocycles. The van der Waals surface area contributed by atoms with E-state index in [0.717, 1.165) is 12.1 Å².